The van der Waals surface area contributed by atoms with Crippen LogP contribution < -0.4 is 0 Å². The van der Waals surface area contributed by atoms with Gasteiger partial charge in [0.1, 0.15) is 6.10 Å². The summed E-state index contributed by atoms with van der Waals surface area (Å²) in [5.74, 6) is 0. The number of halogens is 1. The average Bonchev–Trinajstić information content (AvgIpc) is 3.40. The summed E-state index contributed by atoms with van der Waals surface area (Å²) in [4.78, 5) is 9.75. The quantitative estimate of drug-likeness (QED) is 0.556. The van der Waals surface area contributed by atoms with E-state index in [2.05, 4.69) is 69.4 Å². The van der Waals surface area contributed by atoms with Gasteiger partial charge in [0, 0.05) is 36.2 Å². The maximum Gasteiger partial charge on any atom is 0.112 e. The first-order valence-corrected chi connectivity index (χ1v) is 10.7. The van der Waals surface area contributed by atoms with Gasteiger partial charge in [-0.25, -0.2) is 0 Å². The number of aromatic nitrogens is 1. The Morgan fingerprint density at radius 2 is 1.93 bits per heavy atom. The molecule has 3 aromatic rings. The lowest BCUT2D eigenvalue weighted by atomic mass is 9.91. The molecule has 5 rings (SSSR count). The van der Waals surface area contributed by atoms with E-state index in [4.69, 9.17) is 0 Å². The predicted molar refractivity (Wildman–Crippen MR) is 116 cm³/mol. The van der Waals surface area contributed by atoms with Gasteiger partial charge in [0.05, 0.1) is 0 Å². The van der Waals surface area contributed by atoms with Crippen molar-refractivity contribution in [3.05, 3.63) is 65.9 Å². The van der Waals surface area contributed by atoms with Crippen LogP contribution in [0.25, 0.3) is 27.6 Å². The number of nitrogens with zero attached hydrogens (tertiary/aromatic N) is 1. The number of likely N-dealkylation sites (tertiary alicyclic amines) is 1. The smallest absolute Gasteiger partial charge is 0.112 e. The number of allylic oxidation sites excluding steroid dienone is 2. The number of H-pyrrole nitrogens is 1. The third-order valence-electron chi connectivity index (χ3n) is 6.28. The second kappa shape index (κ2) is 8.13. The Morgan fingerprint density at radius 3 is 2.76 bits per heavy atom. The molecule has 1 aliphatic heterocycles. The monoisotopic (exact) mass is 390 g/mol. The fraction of sp³-hybridized carbons (Fsp3) is 0.360. The van der Waals surface area contributed by atoms with Gasteiger partial charge in [-0.2, -0.15) is 4.94 Å². The zero-order valence-electron chi connectivity index (χ0n) is 16.7. The molecule has 150 valence electrons. The van der Waals surface area contributed by atoms with Crippen molar-refractivity contribution in [3.8, 4) is 11.1 Å². The number of aromatic amines is 1. The standard InChI is InChI=1S/C25H27FN2O/c26-29-24-11-12-28(17-24)16-23-15-22-14-21(9-10-25(22)27-23)20-8-4-7-19(13-20)18-5-2-1-3-6-18/h4-5,7-10,13-15,24,27H,1-3,6,11-12,16-17H2. The normalized spacial score (nSPS) is 20.3. The van der Waals surface area contributed by atoms with E-state index >= 15 is 0 Å². The number of fused-ring (bicyclic) bond motifs is 1. The molecule has 1 N–H and O–H groups in total. The second-order valence-corrected chi connectivity index (χ2v) is 8.39. The number of rotatable bonds is 5. The number of hydrogen-bond donors (Lipinski definition) is 1. The minimum atomic E-state index is -0.280. The van der Waals surface area contributed by atoms with Crippen LogP contribution in [0.3, 0.4) is 0 Å². The maximum absolute atomic E-state index is 12.4. The Balaban J connectivity index is 1.38. The van der Waals surface area contributed by atoms with Crippen LogP contribution in [-0.4, -0.2) is 29.1 Å². The summed E-state index contributed by atoms with van der Waals surface area (Å²) >= 11 is 0. The Bertz CT molecular complexity index is 1040. The molecule has 3 nitrogen and oxygen atoms in total. The van der Waals surface area contributed by atoms with E-state index in [-0.39, 0.29) is 6.10 Å². The highest BCUT2D eigenvalue weighted by Crippen LogP contribution is 2.31. The molecule has 1 aromatic heterocycles. The summed E-state index contributed by atoms with van der Waals surface area (Å²) < 4.78 is 12.4. The molecule has 2 heterocycles. The number of benzene rings is 2. The van der Waals surface area contributed by atoms with Crippen molar-refractivity contribution in [2.24, 2.45) is 0 Å². The van der Waals surface area contributed by atoms with Crippen LogP contribution in [0.2, 0.25) is 0 Å². The van der Waals surface area contributed by atoms with Gasteiger partial charge in [-0.15, -0.1) is 0 Å². The zero-order chi connectivity index (χ0) is 19.6. The van der Waals surface area contributed by atoms with Crippen LogP contribution >= 0.6 is 0 Å². The van der Waals surface area contributed by atoms with Crippen molar-refractivity contribution in [2.75, 3.05) is 13.1 Å². The van der Waals surface area contributed by atoms with E-state index < -0.39 is 0 Å². The molecule has 1 unspecified atom stereocenters. The SMILES string of the molecule is FOC1CCN(Cc2cc3cc(-c4cccc(C5=CCCCC5)c4)ccc3[nH]2)C1. The molecule has 2 aliphatic rings. The van der Waals surface area contributed by atoms with E-state index in [9.17, 15) is 4.53 Å². The number of hydrogen-bond acceptors (Lipinski definition) is 2. The van der Waals surface area contributed by atoms with Gasteiger partial charge >= 0.3 is 0 Å². The summed E-state index contributed by atoms with van der Waals surface area (Å²) in [6, 6.07) is 17.8. The van der Waals surface area contributed by atoms with Crippen molar-refractivity contribution in [3.63, 3.8) is 0 Å². The molecule has 1 fully saturated rings. The molecule has 0 bridgehead atoms. The van der Waals surface area contributed by atoms with Gasteiger partial charge in [-0.1, -0.05) is 30.3 Å². The van der Waals surface area contributed by atoms with Crippen LogP contribution in [0.1, 0.15) is 43.4 Å². The fourth-order valence-electron chi connectivity index (χ4n) is 4.71. The van der Waals surface area contributed by atoms with Crippen LogP contribution in [-0.2, 0) is 11.5 Å². The Hall–Kier alpha value is -2.43. The lowest BCUT2D eigenvalue weighted by Crippen LogP contribution is -2.22. The maximum atomic E-state index is 12.4. The molecule has 0 amide bonds. The molecule has 4 heteroatoms. The van der Waals surface area contributed by atoms with Gasteiger partial charge in [0.25, 0.3) is 0 Å². The predicted octanol–water partition coefficient (Wildman–Crippen LogP) is 6.27. The third-order valence-corrected chi connectivity index (χ3v) is 6.28. The van der Waals surface area contributed by atoms with Crippen molar-refractivity contribution in [1.82, 2.24) is 9.88 Å². The van der Waals surface area contributed by atoms with E-state index in [1.807, 2.05) is 0 Å². The van der Waals surface area contributed by atoms with Crippen molar-refractivity contribution in [2.45, 2.75) is 44.8 Å². The highest BCUT2D eigenvalue weighted by molar-refractivity contribution is 5.86. The molecular weight excluding hydrogens is 363 g/mol. The van der Waals surface area contributed by atoms with Gasteiger partial charge in [-0.05, 0) is 83.2 Å². The average molecular weight is 391 g/mol. The fourth-order valence-corrected chi connectivity index (χ4v) is 4.71. The van der Waals surface area contributed by atoms with Crippen molar-refractivity contribution in [1.29, 1.82) is 0 Å². The highest BCUT2D eigenvalue weighted by Gasteiger charge is 2.24. The third kappa shape index (κ3) is 4.00. The summed E-state index contributed by atoms with van der Waals surface area (Å²) in [7, 11) is 0. The summed E-state index contributed by atoms with van der Waals surface area (Å²) in [6.45, 7) is 2.32. The molecule has 0 saturated carbocycles. The topological polar surface area (TPSA) is 28.3 Å². The molecule has 29 heavy (non-hydrogen) atoms. The van der Waals surface area contributed by atoms with E-state index in [0.29, 0.717) is 6.54 Å². The van der Waals surface area contributed by atoms with Crippen LogP contribution in [0.4, 0.5) is 4.53 Å². The van der Waals surface area contributed by atoms with Crippen LogP contribution in [0.15, 0.2) is 54.6 Å². The van der Waals surface area contributed by atoms with Gasteiger partial charge < -0.3 is 4.98 Å². The minimum absolute atomic E-state index is 0.280. The van der Waals surface area contributed by atoms with E-state index in [1.54, 1.807) is 0 Å². The largest absolute Gasteiger partial charge is 0.357 e. The zero-order valence-corrected chi connectivity index (χ0v) is 16.7. The Kier molecular flexibility index (Phi) is 5.21. The van der Waals surface area contributed by atoms with Crippen molar-refractivity contribution < 1.29 is 9.47 Å². The molecule has 2 aromatic carbocycles. The van der Waals surface area contributed by atoms with Crippen LogP contribution in [0.5, 0.6) is 0 Å². The molecular formula is C25H27FN2O. The Labute approximate surface area is 171 Å². The summed E-state index contributed by atoms with van der Waals surface area (Å²) in [6.07, 6.45) is 7.88. The van der Waals surface area contributed by atoms with E-state index in [0.717, 1.165) is 30.7 Å². The van der Waals surface area contributed by atoms with Gasteiger partial charge in [0.2, 0.25) is 0 Å². The molecule has 1 atom stereocenters. The first-order valence-electron chi connectivity index (χ1n) is 10.7. The van der Waals surface area contributed by atoms with Crippen LogP contribution in [0, 0.1) is 0 Å². The molecule has 0 spiro atoms. The lowest BCUT2D eigenvalue weighted by Gasteiger charge is -2.14. The van der Waals surface area contributed by atoms with Gasteiger partial charge in [0.15, 0.2) is 0 Å². The number of nitrogens with one attached hydrogen (secondary N) is 1. The molecule has 1 aliphatic carbocycles. The Morgan fingerprint density at radius 1 is 1.03 bits per heavy atom. The summed E-state index contributed by atoms with van der Waals surface area (Å²) in [5.41, 5.74) is 7.67. The first kappa shape index (κ1) is 18.6. The summed E-state index contributed by atoms with van der Waals surface area (Å²) in [5, 5.41) is 1.22. The second-order valence-electron chi connectivity index (χ2n) is 8.39. The highest BCUT2D eigenvalue weighted by atomic mass is 19.3. The van der Waals surface area contributed by atoms with E-state index in [1.165, 1.54) is 53.3 Å². The minimum Gasteiger partial charge on any atom is -0.357 e. The van der Waals surface area contributed by atoms with Gasteiger partial charge in [-0.3, -0.25) is 4.90 Å². The van der Waals surface area contributed by atoms with Crippen molar-refractivity contribution >= 4 is 16.5 Å². The molecule has 1 saturated heterocycles. The first-order chi connectivity index (χ1) is 14.3. The molecule has 0 radical (unpaired) electrons. The lowest BCUT2D eigenvalue weighted by molar-refractivity contribution is -0.173.